The molecular formula is C52H54N2. The predicted octanol–water partition coefficient (Wildman–Crippen LogP) is 13.9. The molecule has 2 N–H and O–H groups in total. The Morgan fingerprint density at radius 2 is 1.09 bits per heavy atom. The first-order valence-corrected chi connectivity index (χ1v) is 19.6. The molecule has 0 aliphatic heterocycles. The van der Waals surface area contributed by atoms with Gasteiger partial charge in [-0.1, -0.05) is 130 Å². The van der Waals surface area contributed by atoms with E-state index in [9.17, 15) is 0 Å². The van der Waals surface area contributed by atoms with Gasteiger partial charge in [0, 0.05) is 32.9 Å². The molecule has 0 spiro atoms. The third kappa shape index (κ3) is 5.88. The van der Waals surface area contributed by atoms with Crippen molar-refractivity contribution in [2.75, 3.05) is 5.73 Å². The Morgan fingerprint density at radius 1 is 0.537 bits per heavy atom. The monoisotopic (exact) mass is 706 g/mol. The van der Waals surface area contributed by atoms with Crippen molar-refractivity contribution >= 4 is 72.0 Å². The van der Waals surface area contributed by atoms with Crippen molar-refractivity contribution in [3.63, 3.8) is 0 Å². The number of anilines is 1. The maximum absolute atomic E-state index is 7.29. The number of nitrogen functional groups attached to an aromatic ring is 1. The van der Waals surface area contributed by atoms with Crippen LogP contribution in [0.3, 0.4) is 0 Å². The van der Waals surface area contributed by atoms with Gasteiger partial charge in [-0.05, 0) is 137 Å². The Bertz CT molecular complexity index is 2790. The number of rotatable bonds is 5. The molecular weight excluding hydrogens is 653 g/mol. The lowest BCUT2D eigenvalue weighted by atomic mass is 9.85. The van der Waals surface area contributed by atoms with Crippen molar-refractivity contribution in [1.29, 1.82) is 0 Å². The Kier molecular flexibility index (Phi) is 8.34. The lowest BCUT2D eigenvalue weighted by Gasteiger charge is -2.19. The lowest BCUT2D eigenvalue weighted by Crippen LogP contribution is -2.11. The second-order valence-corrected chi connectivity index (χ2v) is 18.2. The van der Waals surface area contributed by atoms with E-state index in [1.165, 1.54) is 65.6 Å². The molecule has 0 saturated carbocycles. The normalized spacial score (nSPS) is 13.2. The summed E-state index contributed by atoms with van der Waals surface area (Å²) in [6, 6.07) is 37.2. The molecule has 272 valence electrons. The van der Waals surface area contributed by atoms with Gasteiger partial charge in [-0.25, -0.2) is 0 Å². The molecule has 2 bridgehead atoms. The first-order valence-electron chi connectivity index (χ1n) is 19.6. The zero-order chi connectivity index (χ0) is 38.4. The zero-order valence-corrected chi connectivity index (χ0v) is 33.8. The van der Waals surface area contributed by atoms with Crippen LogP contribution in [-0.4, -0.2) is 4.57 Å². The Morgan fingerprint density at radius 3 is 1.67 bits per heavy atom. The van der Waals surface area contributed by atoms with E-state index in [-0.39, 0.29) is 10.8 Å². The van der Waals surface area contributed by atoms with Crippen LogP contribution in [0.15, 0.2) is 104 Å². The fraction of sp³-hybridized carbons (Fsp3) is 0.269. The minimum Gasteiger partial charge on any atom is -0.398 e. The largest absolute Gasteiger partial charge is 0.398 e. The summed E-state index contributed by atoms with van der Waals surface area (Å²) >= 11 is 0. The van der Waals surface area contributed by atoms with Crippen LogP contribution in [0.25, 0.3) is 72.0 Å². The molecule has 8 aromatic rings. The van der Waals surface area contributed by atoms with Gasteiger partial charge < -0.3 is 10.3 Å². The number of nitrogens with two attached hydrogens (primary N) is 1. The highest BCUT2D eigenvalue weighted by atomic mass is 15.0. The molecule has 0 radical (unpaired) electrons. The quantitative estimate of drug-likeness (QED) is 0.140. The van der Waals surface area contributed by atoms with Gasteiger partial charge in [0.15, 0.2) is 0 Å². The SMILES string of the molecule is C=Cc1ccc(C(C)C)cc1/C=c1/c2cc(-n3c4ccc(C(C)(C)C)cc4c4cc(C(C)(C)C)ccc43)cc(c2N)c2cc3cc(C(C)C)ccc3cc12. The molecule has 2 heteroatoms. The van der Waals surface area contributed by atoms with Gasteiger partial charge >= 0.3 is 0 Å². The van der Waals surface area contributed by atoms with E-state index in [1.807, 2.05) is 6.08 Å². The van der Waals surface area contributed by atoms with Crippen molar-refractivity contribution in [3.05, 3.63) is 142 Å². The highest BCUT2D eigenvalue weighted by Gasteiger charge is 2.22. The molecule has 1 heterocycles. The number of benzene rings is 7. The first kappa shape index (κ1) is 35.7. The fourth-order valence-electron chi connectivity index (χ4n) is 8.29. The summed E-state index contributed by atoms with van der Waals surface area (Å²) in [6.45, 7) is 27.0. The summed E-state index contributed by atoms with van der Waals surface area (Å²) in [4.78, 5) is 0. The van der Waals surface area contributed by atoms with Crippen LogP contribution >= 0.6 is 0 Å². The van der Waals surface area contributed by atoms with Crippen molar-refractivity contribution in [1.82, 2.24) is 4.57 Å². The van der Waals surface area contributed by atoms with E-state index in [4.69, 9.17) is 5.73 Å². The van der Waals surface area contributed by atoms with E-state index >= 15 is 0 Å². The number of hydrogen-bond acceptors (Lipinski definition) is 1. The van der Waals surface area contributed by atoms with Crippen LogP contribution in [0.4, 0.5) is 5.69 Å². The van der Waals surface area contributed by atoms with E-state index < -0.39 is 0 Å². The fourth-order valence-corrected chi connectivity index (χ4v) is 8.29. The summed E-state index contributed by atoms with van der Waals surface area (Å²) in [5.74, 6) is 0.853. The maximum atomic E-state index is 7.29. The minimum atomic E-state index is 0.0331. The average Bonchev–Trinajstić information content (AvgIpc) is 3.45. The van der Waals surface area contributed by atoms with Crippen molar-refractivity contribution in [3.8, 4) is 5.69 Å². The van der Waals surface area contributed by atoms with Crippen LogP contribution in [0, 0.1) is 0 Å². The summed E-state index contributed by atoms with van der Waals surface area (Å²) in [5, 5.41) is 10.7. The Hall–Kier alpha value is -5.34. The Labute approximate surface area is 321 Å². The van der Waals surface area contributed by atoms with Crippen LogP contribution in [0.2, 0.25) is 0 Å². The summed E-state index contributed by atoms with van der Waals surface area (Å²) < 4.78 is 2.46. The molecule has 8 rings (SSSR count). The molecule has 0 saturated heterocycles. The first-order chi connectivity index (χ1) is 25.5. The minimum absolute atomic E-state index is 0.0331. The van der Waals surface area contributed by atoms with Gasteiger partial charge in [-0.2, -0.15) is 0 Å². The van der Waals surface area contributed by atoms with Crippen molar-refractivity contribution < 1.29 is 0 Å². The van der Waals surface area contributed by atoms with Gasteiger partial charge in [0.2, 0.25) is 0 Å². The van der Waals surface area contributed by atoms with Gasteiger partial charge in [0.25, 0.3) is 0 Å². The molecule has 0 unspecified atom stereocenters. The standard InChI is InChI=1S/C52H54N2/c1-12-32-13-14-33(30(2)3)21-36(32)24-42-41-23-35-16-15-34(31(4)5)22-37(35)25-43(41)47-29-40(28-46(42)50(47)53)54-48-19-17-38(51(6,7)8)26-44(48)45-27-39(52(9,10)11)18-20-49(45)54/h12-31H,1,53H2,2-11H3/b42-24+. The summed E-state index contributed by atoms with van der Waals surface area (Å²) in [7, 11) is 0. The number of aromatic nitrogens is 1. The zero-order valence-electron chi connectivity index (χ0n) is 33.8. The molecule has 7 aromatic carbocycles. The van der Waals surface area contributed by atoms with Gasteiger partial charge in [0.05, 0.1) is 11.0 Å². The summed E-state index contributed by atoms with van der Waals surface area (Å²) in [5.41, 5.74) is 19.3. The van der Waals surface area contributed by atoms with Crippen LogP contribution < -0.4 is 11.0 Å². The third-order valence-corrected chi connectivity index (χ3v) is 11.8. The van der Waals surface area contributed by atoms with Crippen LogP contribution in [0.1, 0.15) is 114 Å². The summed E-state index contributed by atoms with van der Waals surface area (Å²) in [6.07, 6.45) is 4.32. The van der Waals surface area contributed by atoms with E-state index in [0.717, 1.165) is 38.5 Å². The molecule has 0 fully saturated rings. The highest BCUT2D eigenvalue weighted by Crippen LogP contribution is 2.40. The van der Waals surface area contributed by atoms with E-state index in [0.29, 0.717) is 11.8 Å². The third-order valence-electron chi connectivity index (χ3n) is 11.8. The lowest BCUT2D eigenvalue weighted by molar-refractivity contribution is 0.590. The van der Waals surface area contributed by atoms with Gasteiger partial charge in [-0.15, -0.1) is 0 Å². The van der Waals surface area contributed by atoms with Crippen LogP contribution in [-0.2, 0) is 10.8 Å². The molecule has 0 amide bonds. The van der Waals surface area contributed by atoms with Crippen molar-refractivity contribution in [2.45, 2.75) is 91.9 Å². The maximum Gasteiger partial charge on any atom is 0.0541 e. The van der Waals surface area contributed by atoms with Crippen LogP contribution in [0.5, 0.6) is 0 Å². The molecule has 2 nitrogen and oxygen atoms in total. The number of fused-ring (bicyclic) bond motifs is 8. The predicted molar refractivity (Wildman–Crippen MR) is 239 cm³/mol. The van der Waals surface area contributed by atoms with Gasteiger partial charge in [-0.3, -0.25) is 0 Å². The second-order valence-electron chi connectivity index (χ2n) is 18.2. The topological polar surface area (TPSA) is 30.9 Å². The molecule has 1 aromatic heterocycles. The molecule has 54 heavy (non-hydrogen) atoms. The molecule has 0 atom stereocenters. The van der Waals surface area contributed by atoms with Crippen molar-refractivity contribution in [2.24, 2.45) is 0 Å². The van der Waals surface area contributed by atoms with E-state index in [1.54, 1.807) is 0 Å². The number of nitrogens with zero attached hydrogens (tertiary/aromatic N) is 1. The van der Waals surface area contributed by atoms with E-state index in [2.05, 4.69) is 184 Å². The molecule has 0 aliphatic rings. The second kappa shape index (κ2) is 12.6. The average molecular weight is 707 g/mol. The number of hydrogen-bond donors (Lipinski definition) is 1. The highest BCUT2D eigenvalue weighted by molar-refractivity contribution is 6.17. The molecule has 0 aliphatic carbocycles. The smallest absolute Gasteiger partial charge is 0.0541 e. The Balaban J connectivity index is 1.53. The van der Waals surface area contributed by atoms with Gasteiger partial charge in [0.1, 0.15) is 0 Å².